The first-order chi connectivity index (χ1) is 17.0. The molecule has 4 rings (SSSR count). The normalized spacial score (nSPS) is 15.9. The molecule has 0 saturated carbocycles. The first-order valence-electron chi connectivity index (χ1n) is 11.4. The van der Waals surface area contributed by atoms with Crippen molar-refractivity contribution in [2.45, 2.75) is 25.0 Å². The summed E-state index contributed by atoms with van der Waals surface area (Å²) in [6.07, 6.45) is 3.13. The number of furan rings is 1. The first kappa shape index (κ1) is 24.5. The highest BCUT2D eigenvalue weighted by Crippen LogP contribution is 2.30. The third-order valence-electron chi connectivity index (χ3n) is 5.65. The number of amides is 3. The zero-order valence-electron chi connectivity index (χ0n) is 19.0. The summed E-state index contributed by atoms with van der Waals surface area (Å²) in [4.78, 5) is 40.8. The van der Waals surface area contributed by atoms with Crippen LogP contribution in [0.4, 0.5) is 5.69 Å². The number of anilines is 1. The Hall–Kier alpha value is -3.62. The Kier molecular flexibility index (Phi) is 8.18. The maximum absolute atomic E-state index is 13.5. The molecule has 2 atom stereocenters. The van der Waals surface area contributed by atoms with Gasteiger partial charge in [-0.2, -0.15) is 0 Å². The summed E-state index contributed by atoms with van der Waals surface area (Å²) in [5, 5.41) is 5.91. The molecular weight excluding hydrogens is 470 g/mol. The van der Waals surface area contributed by atoms with Crippen LogP contribution < -0.4 is 15.5 Å². The third-order valence-corrected chi connectivity index (χ3v) is 5.89. The van der Waals surface area contributed by atoms with E-state index in [0.717, 1.165) is 12.8 Å². The lowest BCUT2D eigenvalue weighted by molar-refractivity contribution is -0.126. The molecule has 3 amide bonds. The van der Waals surface area contributed by atoms with Crippen molar-refractivity contribution in [1.29, 1.82) is 0 Å². The number of hydrogen-bond donors (Lipinski definition) is 2. The molecular formula is C26H26ClN3O5. The molecule has 3 aromatic rings. The zero-order valence-corrected chi connectivity index (χ0v) is 19.7. The van der Waals surface area contributed by atoms with Crippen LogP contribution in [0.2, 0.25) is 5.02 Å². The molecule has 1 saturated heterocycles. The molecule has 2 heterocycles. The largest absolute Gasteiger partial charge is 0.459 e. The monoisotopic (exact) mass is 495 g/mol. The Morgan fingerprint density at radius 2 is 1.86 bits per heavy atom. The van der Waals surface area contributed by atoms with Crippen LogP contribution in [0.15, 0.2) is 77.4 Å². The summed E-state index contributed by atoms with van der Waals surface area (Å²) >= 11 is 6.23. The fourth-order valence-electron chi connectivity index (χ4n) is 3.97. The smallest absolute Gasteiger partial charge is 0.287 e. The predicted molar refractivity (Wildman–Crippen MR) is 131 cm³/mol. The molecule has 0 unspecified atom stereocenters. The number of halogens is 1. The summed E-state index contributed by atoms with van der Waals surface area (Å²) in [6.45, 7) is 0.661. The van der Waals surface area contributed by atoms with E-state index in [1.165, 1.54) is 17.2 Å². The molecule has 35 heavy (non-hydrogen) atoms. The average Bonchev–Trinajstić information content (AvgIpc) is 3.59. The fourth-order valence-corrected chi connectivity index (χ4v) is 4.15. The molecule has 9 heteroatoms. The third kappa shape index (κ3) is 6.29. The van der Waals surface area contributed by atoms with Crippen molar-refractivity contribution in [3.63, 3.8) is 0 Å². The minimum atomic E-state index is -0.996. The highest BCUT2D eigenvalue weighted by Gasteiger charge is 2.33. The van der Waals surface area contributed by atoms with Gasteiger partial charge in [-0.1, -0.05) is 48.0 Å². The Balaban J connectivity index is 1.63. The second kappa shape index (κ2) is 11.7. The molecule has 2 aromatic carbocycles. The van der Waals surface area contributed by atoms with Crippen molar-refractivity contribution in [3.8, 4) is 0 Å². The van der Waals surface area contributed by atoms with E-state index < -0.39 is 17.9 Å². The van der Waals surface area contributed by atoms with Gasteiger partial charge in [0.1, 0.15) is 6.04 Å². The molecule has 0 radical (unpaired) electrons. The molecule has 1 fully saturated rings. The average molecular weight is 496 g/mol. The summed E-state index contributed by atoms with van der Waals surface area (Å²) in [6, 6.07) is 17.8. The van der Waals surface area contributed by atoms with Crippen molar-refractivity contribution in [2.75, 3.05) is 24.6 Å². The van der Waals surface area contributed by atoms with Gasteiger partial charge in [-0.3, -0.25) is 19.3 Å². The highest BCUT2D eigenvalue weighted by atomic mass is 35.5. The quantitative estimate of drug-likeness (QED) is 0.471. The number of benzene rings is 2. The van der Waals surface area contributed by atoms with Gasteiger partial charge in [-0.25, -0.2) is 0 Å². The molecule has 0 bridgehead atoms. The lowest BCUT2D eigenvalue weighted by Gasteiger charge is -2.32. The topological polar surface area (TPSA) is 101 Å². The number of carbonyl (C=O) groups is 3. The molecule has 182 valence electrons. The van der Waals surface area contributed by atoms with Crippen LogP contribution in [0.3, 0.4) is 0 Å². The van der Waals surface area contributed by atoms with E-state index in [9.17, 15) is 14.4 Å². The maximum atomic E-state index is 13.5. The number of nitrogens with zero attached hydrogens (tertiary/aromatic N) is 1. The van der Waals surface area contributed by atoms with Crippen molar-refractivity contribution in [3.05, 3.63) is 89.3 Å². The van der Waals surface area contributed by atoms with E-state index in [1.807, 2.05) is 6.07 Å². The Morgan fingerprint density at radius 1 is 1.03 bits per heavy atom. The fraction of sp³-hybridized carbons (Fsp3) is 0.269. The van der Waals surface area contributed by atoms with Crippen molar-refractivity contribution in [1.82, 2.24) is 10.6 Å². The number of carbonyl (C=O) groups excluding carboxylic acids is 3. The van der Waals surface area contributed by atoms with Gasteiger partial charge in [0.2, 0.25) is 11.8 Å². The molecule has 2 N–H and O–H groups in total. The highest BCUT2D eigenvalue weighted by molar-refractivity contribution is 6.31. The Labute approximate surface area is 208 Å². The van der Waals surface area contributed by atoms with Gasteiger partial charge in [0.15, 0.2) is 5.76 Å². The molecule has 1 aliphatic rings. The second-order valence-corrected chi connectivity index (χ2v) is 8.53. The van der Waals surface area contributed by atoms with Gasteiger partial charge >= 0.3 is 0 Å². The van der Waals surface area contributed by atoms with E-state index in [4.69, 9.17) is 20.8 Å². The Morgan fingerprint density at radius 3 is 2.54 bits per heavy atom. The standard InChI is InChI=1S/C26H26ClN3O5/c27-19-9-4-10-20(15-19)30(23(31)17-29-25(32)22-12-6-14-35-22)24(18-7-2-1-3-8-18)26(33)28-16-21-11-5-13-34-21/h1-4,6-10,12,14-15,21,24H,5,11,13,16-17H2,(H,28,33)(H,29,32)/t21-,24-/m0/s1. The summed E-state index contributed by atoms with van der Waals surface area (Å²) in [7, 11) is 0. The minimum Gasteiger partial charge on any atom is -0.459 e. The van der Waals surface area contributed by atoms with Gasteiger partial charge in [0.05, 0.1) is 18.9 Å². The van der Waals surface area contributed by atoms with Crippen molar-refractivity contribution < 1.29 is 23.5 Å². The summed E-state index contributed by atoms with van der Waals surface area (Å²) < 4.78 is 10.7. The van der Waals surface area contributed by atoms with Crippen LogP contribution >= 0.6 is 11.6 Å². The Bertz CT molecular complexity index is 1150. The SMILES string of the molecule is O=C(NCC(=O)N(c1cccc(Cl)c1)[C@H](C(=O)NC[C@@H]1CCCO1)c1ccccc1)c1ccco1. The van der Waals surface area contributed by atoms with Crippen LogP contribution in [0.1, 0.15) is 35.0 Å². The number of ether oxygens (including phenoxy) is 1. The van der Waals surface area contributed by atoms with Gasteiger partial charge in [-0.05, 0) is 48.7 Å². The summed E-state index contributed by atoms with van der Waals surface area (Å²) in [5.41, 5.74) is 1.04. The van der Waals surface area contributed by atoms with Gasteiger partial charge in [0, 0.05) is 23.9 Å². The van der Waals surface area contributed by atoms with Crippen LogP contribution in [0, 0.1) is 0 Å². The van der Waals surface area contributed by atoms with E-state index in [-0.39, 0.29) is 24.3 Å². The maximum Gasteiger partial charge on any atom is 0.287 e. The van der Waals surface area contributed by atoms with Gasteiger partial charge < -0.3 is 19.8 Å². The van der Waals surface area contributed by atoms with Crippen LogP contribution in [0.5, 0.6) is 0 Å². The van der Waals surface area contributed by atoms with Crippen molar-refractivity contribution >= 4 is 35.0 Å². The molecule has 1 aliphatic heterocycles. The number of rotatable bonds is 9. The van der Waals surface area contributed by atoms with Crippen LogP contribution in [-0.4, -0.2) is 43.5 Å². The molecule has 0 aliphatic carbocycles. The predicted octanol–water partition coefficient (Wildman–Crippen LogP) is 3.73. The second-order valence-electron chi connectivity index (χ2n) is 8.10. The van der Waals surface area contributed by atoms with E-state index in [1.54, 1.807) is 54.6 Å². The molecule has 8 nitrogen and oxygen atoms in total. The lowest BCUT2D eigenvalue weighted by atomic mass is 10.0. The van der Waals surface area contributed by atoms with Gasteiger partial charge in [0.25, 0.3) is 5.91 Å². The number of hydrogen-bond acceptors (Lipinski definition) is 5. The zero-order chi connectivity index (χ0) is 24.6. The van der Waals surface area contributed by atoms with Crippen LogP contribution in [-0.2, 0) is 14.3 Å². The lowest BCUT2D eigenvalue weighted by Crippen LogP contribution is -2.48. The molecule has 0 spiro atoms. The molecule has 1 aromatic heterocycles. The summed E-state index contributed by atoms with van der Waals surface area (Å²) in [5.74, 6) is -1.31. The van der Waals surface area contributed by atoms with Crippen LogP contribution in [0.25, 0.3) is 0 Å². The van der Waals surface area contributed by atoms with E-state index >= 15 is 0 Å². The first-order valence-corrected chi connectivity index (χ1v) is 11.7. The number of nitrogens with one attached hydrogen (secondary N) is 2. The van der Waals surface area contributed by atoms with E-state index in [2.05, 4.69) is 10.6 Å². The van der Waals surface area contributed by atoms with Crippen molar-refractivity contribution in [2.24, 2.45) is 0 Å². The van der Waals surface area contributed by atoms with Gasteiger partial charge in [-0.15, -0.1) is 0 Å². The van der Waals surface area contributed by atoms with E-state index in [0.29, 0.717) is 29.4 Å². The minimum absolute atomic E-state index is 0.0571.